The van der Waals surface area contributed by atoms with Crippen LogP contribution in [0.4, 0.5) is 0 Å². The number of rotatable bonds is 7. The van der Waals surface area contributed by atoms with Crippen LogP contribution in [0.3, 0.4) is 0 Å². The first-order valence-corrected chi connectivity index (χ1v) is 10.6. The Hall–Kier alpha value is -2.80. The first kappa shape index (κ1) is 20.5. The molecule has 0 saturated carbocycles. The highest BCUT2D eigenvalue weighted by atomic mass is 32.2. The summed E-state index contributed by atoms with van der Waals surface area (Å²) in [5.41, 5.74) is 3.36. The van der Waals surface area contributed by atoms with E-state index in [4.69, 9.17) is 14.6 Å². The summed E-state index contributed by atoms with van der Waals surface area (Å²) >= 11 is 1.58. The minimum absolute atomic E-state index is 0.0267. The summed E-state index contributed by atoms with van der Waals surface area (Å²) in [5.74, 6) is -0.758. The molecule has 3 aromatic rings. The average Bonchev–Trinajstić information content (AvgIpc) is 3.21. The van der Waals surface area contributed by atoms with Crippen LogP contribution in [0.5, 0.6) is 5.75 Å². The third kappa shape index (κ3) is 4.67. The van der Waals surface area contributed by atoms with E-state index in [9.17, 15) is 9.90 Å². The molecular formula is C24H22O5S. The number of phenolic OH excluding ortho intramolecular Hbond substituents is 1. The molecule has 0 unspecified atom stereocenters. The Morgan fingerprint density at radius 3 is 2.07 bits per heavy atom. The average molecular weight is 423 g/mol. The molecule has 154 valence electrons. The van der Waals surface area contributed by atoms with Gasteiger partial charge in [-0.3, -0.25) is 0 Å². The predicted molar refractivity (Wildman–Crippen MR) is 117 cm³/mol. The zero-order valence-corrected chi connectivity index (χ0v) is 17.0. The topological polar surface area (TPSA) is 76.0 Å². The maximum atomic E-state index is 11.1. The van der Waals surface area contributed by atoms with E-state index in [2.05, 4.69) is 0 Å². The molecule has 1 fully saturated rings. The van der Waals surface area contributed by atoms with Gasteiger partial charge in [0.25, 0.3) is 0 Å². The highest BCUT2D eigenvalue weighted by Crippen LogP contribution is 2.43. The quantitative estimate of drug-likeness (QED) is 0.575. The summed E-state index contributed by atoms with van der Waals surface area (Å²) in [4.78, 5) is 11.8. The smallest absolute Gasteiger partial charge is 0.329 e. The minimum Gasteiger partial charge on any atom is -0.507 e. The Labute approximate surface area is 179 Å². The number of phenols is 1. The van der Waals surface area contributed by atoms with Crippen molar-refractivity contribution >= 4 is 17.7 Å². The molecule has 0 amide bonds. The fourth-order valence-corrected chi connectivity index (χ4v) is 4.68. The van der Waals surface area contributed by atoms with Gasteiger partial charge in [-0.15, -0.1) is 11.8 Å². The van der Waals surface area contributed by atoms with Gasteiger partial charge < -0.3 is 19.7 Å². The Morgan fingerprint density at radius 1 is 0.967 bits per heavy atom. The number of aliphatic carboxylic acids is 1. The lowest BCUT2D eigenvalue weighted by atomic mass is 9.97. The Kier molecular flexibility index (Phi) is 6.38. The van der Waals surface area contributed by atoms with Gasteiger partial charge in [-0.05, 0) is 23.3 Å². The van der Waals surface area contributed by atoms with Gasteiger partial charge in [0, 0.05) is 16.0 Å². The predicted octanol–water partition coefficient (Wildman–Crippen LogP) is 4.69. The summed E-state index contributed by atoms with van der Waals surface area (Å²) in [6.07, 6.45) is -0.291. The molecule has 0 radical (unpaired) electrons. The number of hydrogen-bond acceptors (Lipinski definition) is 5. The molecule has 2 N–H and O–H groups in total. The standard InChI is InChI=1S/C24H22O5S/c25-23(26)15-29-21-13-28-14-22(21)30-18-11-19(16-7-3-1-4-8-16)24(27)20(12-18)17-9-5-2-6-10-17/h1-12,21-22,27H,13-15H2,(H,25,26)/t21-,22-/m0/s1. The number of carbonyl (C=O) groups is 1. The number of hydrogen-bond donors (Lipinski definition) is 2. The van der Waals surface area contributed by atoms with E-state index in [-0.39, 0.29) is 23.7 Å². The van der Waals surface area contributed by atoms with Gasteiger partial charge in [-0.2, -0.15) is 0 Å². The Bertz CT molecular complexity index is 946. The molecule has 1 aliphatic rings. The molecule has 1 aliphatic heterocycles. The summed E-state index contributed by atoms with van der Waals surface area (Å²) in [6, 6.07) is 23.5. The maximum absolute atomic E-state index is 11.1. The highest BCUT2D eigenvalue weighted by molar-refractivity contribution is 8.00. The van der Waals surface area contributed by atoms with Crippen molar-refractivity contribution in [2.45, 2.75) is 16.2 Å². The number of carboxylic acid groups (broad SMARTS) is 1. The molecule has 1 heterocycles. The van der Waals surface area contributed by atoms with E-state index in [0.29, 0.717) is 13.2 Å². The maximum Gasteiger partial charge on any atom is 0.329 e. The lowest BCUT2D eigenvalue weighted by Gasteiger charge is -2.19. The van der Waals surface area contributed by atoms with Crippen molar-refractivity contribution in [1.82, 2.24) is 0 Å². The van der Waals surface area contributed by atoms with E-state index in [1.165, 1.54) is 0 Å². The fraction of sp³-hybridized carbons (Fsp3) is 0.208. The van der Waals surface area contributed by atoms with Crippen LogP contribution >= 0.6 is 11.8 Å². The van der Waals surface area contributed by atoms with E-state index in [0.717, 1.165) is 27.1 Å². The van der Waals surface area contributed by atoms with Crippen molar-refractivity contribution in [1.29, 1.82) is 0 Å². The molecular weight excluding hydrogens is 400 g/mol. The van der Waals surface area contributed by atoms with Gasteiger partial charge in [-0.25, -0.2) is 4.79 Å². The van der Waals surface area contributed by atoms with Gasteiger partial charge in [0.1, 0.15) is 12.4 Å². The van der Waals surface area contributed by atoms with Gasteiger partial charge in [0.2, 0.25) is 0 Å². The van der Waals surface area contributed by atoms with Crippen LogP contribution in [-0.4, -0.2) is 47.4 Å². The van der Waals surface area contributed by atoms with Gasteiger partial charge in [-0.1, -0.05) is 60.7 Å². The fourth-order valence-electron chi connectivity index (χ4n) is 3.49. The molecule has 30 heavy (non-hydrogen) atoms. The summed E-state index contributed by atoms with van der Waals surface area (Å²) in [7, 11) is 0. The highest BCUT2D eigenvalue weighted by Gasteiger charge is 2.31. The zero-order chi connectivity index (χ0) is 20.9. The first-order chi connectivity index (χ1) is 14.6. The Balaban J connectivity index is 1.70. The molecule has 5 nitrogen and oxygen atoms in total. The molecule has 1 saturated heterocycles. The lowest BCUT2D eigenvalue weighted by Crippen LogP contribution is -2.27. The van der Waals surface area contributed by atoms with Crippen molar-refractivity contribution in [3.8, 4) is 28.0 Å². The van der Waals surface area contributed by atoms with Crippen LogP contribution in [0.1, 0.15) is 0 Å². The molecule has 6 heteroatoms. The normalized spacial score (nSPS) is 18.4. The van der Waals surface area contributed by atoms with Crippen LogP contribution in [0.15, 0.2) is 77.7 Å². The third-order valence-electron chi connectivity index (χ3n) is 4.94. The largest absolute Gasteiger partial charge is 0.507 e. The first-order valence-electron chi connectivity index (χ1n) is 9.67. The summed E-state index contributed by atoms with van der Waals surface area (Å²) in [6.45, 7) is 0.516. The molecule has 0 aliphatic carbocycles. The minimum atomic E-state index is -0.993. The van der Waals surface area contributed by atoms with E-state index in [1.807, 2.05) is 72.8 Å². The molecule has 2 atom stereocenters. The van der Waals surface area contributed by atoms with E-state index >= 15 is 0 Å². The second-order valence-electron chi connectivity index (χ2n) is 7.04. The van der Waals surface area contributed by atoms with Crippen molar-refractivity contribution in [2.75, 3.05) is 19.8 Å². The van der Waals surface area contributed by atoms with Gasteiger partial charge in [0.15, 0.2) is 0 Å². The van der Waals surface area contributed by atoms with Crippen LogP contribution in [0.25, 0.3) is 22.3 Å². The number of aromatic hydroxyl groups is 1. The number of thioether (sulfide) groups is 1. The van der Waals surface area contributed by atoms with Crippen molar-refractivity contribution < 1.29 is 24.5 Å². The van der Waals surface area contributed by atoms with Crippen LogP contribution in [0.2, 0.25) is 0 Å². The van der Waals surface area contributed by atoms with Crippen molar-refractivity contribution in [3.05, 3.63) is 72.8 Å². The SMILES string of the molecule is O=C(O)CO[C@H]1COC[C@@H]1Sc1cc(-c2ccccc2)c(O)c(-c2ccccc2)c1. The summed E-state index contributed by atoms with van der Waals surface area (Å²) in [5, 5.41) is 19.9. The van der Waals surface area contributed by atoms with Crippen molar-refractivity contribution in [3.63, 3.8) is 0 Å². The summed E-state index contributed by atoms with van der Waals surface area (Å²) < 4.78 is 11.0. The number of ether oxygens (including phenoxy) is 2. The van der Waals surface area contributed by atoms with Gasteiger partial charge >= 0.3 is 5.97 Å². The van der Waals surface area contributed by atoms with Crippen LogP contribution < -0.4 is 0 Å². The number of carboxylic acids is 1. The lowest BCUT2D eigenvalue weighted by molar-refractivity contribution is -0.144. The molecule has 0 bridgehead atoms. The van der Waals surface area contributed by atoms with Crippen LogP contribution in [0, 0.1) is 0 Å². The Morgan fingerprint density at radius 2 is 1.53 bits per heavy atom. The number of benzene rings is 3. The molecule has 3 aromatic carbocycles. The van der Waals surface area contributed by atoms with E-state index < -0.39 is 5.97 Å². The van der Waals surface area contributed by atoms with E-state index in [1.54, 1.807) is 11.8 Å². The van der Waals surface area contributed by atoms with Gasteiger partial charge in [0.05, 0.1) is 24.6 Å². The van der Waals surface area contributed by atoms with Crippen LogP contribution in [-0.2, 0) is 14.3 Å². The molecule has 4 rings (SSSR count). The zero-order valence-electron chi connectivity index (χ0n) is 16.2. The monoisotopic (exact) mass is 422 g/mol. The second-order valence-corrected chi connectivity index (χ2v) is 8.35. The third-order valence-corrected chi connectivity index (χ3v) is 6.19. The molecule has 0 aromatic heterocycles. The second kappa shape index (κ2) is 9.34. The van der Waals surface area contributed by atoms with Crippen molar-refractivity contribution in [2.24, 2.45) is 0 Å². The molecule has 0 spiro atoms.